The van der Waals surface area contributed by atoms with Crippen molar-refractivity contribution in [3.63, 3.8) is 0 Å². The molecule has 2 aliphatic heterocycles. The normalized spacial score (nSPS) is 18.5. The molecule has 0 spiro atoms. The molecule has 0 aliphatic carbocycles. The van der Waals surface area contributed by atoms with Crippen molar-refractivity contribution in [2.24, 2.45) is 0 Å². The Morgan fingerprint density at radius 1 is 1.14 bits per heavy atom. The van der Waals surface area contributed by atoms with Crippen molar-refractivity contribution in [3.8, 4) is 11.6 Å². The van der Waals surface area contributed by atoms with E-state index >= 15 is 0 Å². The van der Waals surface area contributed by atoms with Gasteiger partial charge in [0.2, 0.25) is 17.7 Å². The molecule has 2 aromatic heterocycles. The fourth-order valence-corrected chi connectivity index (χ4v) is 5.51. The number of aromatic nitrogens is 3. The lowest BCUT2D eigenvalue weighted by molar-refractivity contribution is -0.129. The van der Waals surface area contributed by atoms with Gasteiger partial charge in [-0.25, -0.2) is 4.98 Å². The number of rotatable bonds is 5. The highest BCUT2D eigenvalue weighted by atomic mass is 16.5. The summed E-state index contributed by atoms with van der Waals surface area (Å²) in [5.74, 6) is 2.61. The van der Waals surface area contributed by atoms with Crippen LogP contribution in [0.5, 0.6) is 11.6 Å². The van der Waals surface area contributed by atoms with Crippen molar-refractivity contribution in [3.05, 3.63) is 35.5 Å². The van der Waals surface area contributed by atoms with E-state index in [4.69, 9.17) is 14.7 Å². The Hall–Kier alpha value is -3.49. The summed E-state index contributed by atoms with van der Waals surface area (Å²) < 4.78 is 7.34. The molecule has 0 radical (unpaired) electrons. The number of nitrogens with zero attached hydrogens (tertiary/aromatic N) is 6. The lowest BCUT2D eigenvalue weighted by atomic mass is 10.0. The minimum atomic E-state index is 0.0908. The fourth-order valence-electron chi connectivity index (χ4n) is 5.51. The zero-order chi connectivity index (χ0) is 25.6. The van der Waals surface area contributed by atoms with E-state index in [1.807, 2.05) is 35.6 Å². The highest BCUT2D eigenvalue weighted by Crippen LogP contribution is 2.42. The van der Waals surface area contributed by atoms with Gasteiger partial charge in [0, 0.05) is 51.9 Å². The second kappa shape index (κ2) is 9.52. The van der Waals surface area contributed by atoms with Crippen LogP contribution in [-0.4, -0.2) is 70.3 Å². The molecule has 0 bridgehead atoms. The van der Waals surface area contributed by atoms with E-state index in [1.165, 1.54) is 5.56 Å². The Morgan fingerprint density at radius 2 is 1.89 bits per heavy atom. The average Bonchev–Trinajstić information content (AvgIpc) is 3.48. The molecule has 5 rings (SSSR count). The van der Waals surface area contributed by atoms with Crippen LogP contribution in [0.15, 0.2) is 24.4 Å². The molecule has 3 aromatic rings. The molecule has 2 fully saturated rings. The van der Waals surface area contributed by atoms with Gasteiger partial charge in [0.05, 0.1) is 18.5 Å². The first-order chi connectivity index (χ1) is 17.3. The predicted molar refractivity (Wildman–Crippen MR) is 141 cm³/mol. The van der Waals surface area contributed by atoms with Crippen LogP contribution in [0.4, 0.5) is 11.8 Å². The Morgan fingerprint density at radius 3 is 2.53 bits per heavy atom. The summed E-state index contributed by atoms with van der Waals surface area (Å²) in [6.07, 6.45) is 4.07. The van der Waals surface area contributed by atoms with Gasteiger partial charge in [0.1, 0.15) is 17.1 Å². The molecule has 36 heavy (non-hydrogen) atoms. The average molecular weight is 493 g/mol. The number of anilines is 2. The Labute approximate surface area is 212 Å². The molecule has 9 heteroatoms. The monoisotopic (exact) mass is 492 g/mol. The van der Waals surface area contributed by atoms with Crippen LogP contribution >= 0.6 is 0 Å². The molecule has 2 aliphatic rings. The second-order valence-corrected chi connectivity index (χ2v) is 10.1. The second-order valence-electron chi connectivity index (χ2n) is 10.1. The standard InChI is InChI=1S/C27H36N6O3/c1-17(2)33-16-21-24(26(33)35)28-27(31-13-11-30(12-14-31)19(4)34)29-25(21)32-10-6-7-22(32)20-8-9-23(36-5)18(3)15-20/h8-9,15-17,22,35H,6-7,10-14H2,1-5H3. The lowest BCUT2D eigenvalue weighted by Gasteiger charge is -2.35. The molecule has 1 atom stereocenters. The van der Waals surface area contributed by atoms with Gasteiger partial charge < -0.3 is 29.1 Å². The number of fused-ring (bicyclic) bond motifs is 1. The Bertz CT molecular complexity index is 1280. The number of piperazine rings is 1. The largest absolute Gasteiger partial charge is 0.496 e. The molecule has 192 valence electrons. The number of aromatic hydroxyl groups is 1. The van der Waals surface area contributed by atoms with Gasteiger partial charge in [-0.2, -0.15) is 4.98 Å². The van der Waals surface area contributed by atoms with E-state index in [-0.39, 0.29) is 23.9 Å². The molecule has 1 N–H and O–H groups in total. The highest BCUT2D eigenvalue weighted by Gasteiger charge is 2.32. The zero-order valence-electron chi connectivity index (χ0n) is 21.9. The topological polar surface area (TPSA) is 87.0 Å². The van der Waals surface area contributed by atoms with Crippen LogP contribution in [0, 0.1) is 6.92 Å². The van der Waals surface area contributed by atoms with Gasteiger partial charge >= 0.3 is 0 Å². The Balaban J connectivity index is 1.58. The zero-order valence-corrected chi connectivity index (χ0v) is 21.9. The SMILES string of the molecule is COc1ccc(C2CCCN2c2nc(N3CCN(C(C)=O)CC3)nc3c(O)n(C(C)C)cc23)cc1C. The van der Waals surface area contributed by atoms with Crippen LogP contribution in [0.2, 0.25) is 0 Å². The number of carbonyl (C=O) groups excluding carboxylic acids is 1. The number of amides is 1. The van der Waals surface area contributed by atoms with E-state index in [0.29, 0.717) is 37.6 Å². The maximum atomic E-state index is 11.8. The third-order valence-corrected chi connectivity index (χ3v) is 7.53. The molecule has 4 heterocycles. The molecule has 1 amide bonds. The van der Waals surface area contributed by atoms with Crippen LogP contribution in [0.1, 0.15) is 56.8 Å². The van der Waals surface area contributed by atoms with Crippen LogP contribution in [0.25, 0.3) is 10.9 Å². The molecular weight excluding hydrogens is 456 g/mol. The van der Waals surface area contributed by atoms with E-state index in [9.17, 15) is 9.90 Å². The number of ether oxygens (including phenoxy) is 1. The molecule has 9 nitrogen and oxygen atoms in total. The maximum absolute atomic E-state index is 11.8. The van der Waals surface area contributed by atoms with E-state index in [1.54, 1.807) is 14.0 Å². The summed E-state index contributed by atoms with van der Waals surface area (Å²) in [5, 5.41) is 12.0. The molecule has 1 unspecified atom stereocenters. The summed E-state index contributed by atoms with van der Waals surface area (Å²) >= 11 is 0. The first-order valence-corrected chi connectivity index (χ1v) is 12.8. The van der Waals surface area contributed by atoms with Crippen LogP contribution < -0.4 is 14.5 Å². The van der Waals surface area contributed by atoms with Gasteiger partial charge in [-0.05, 0) is 50.8 Å². The number of aryl methyl sites for hydroxylation is 1. The fraction of sp³-hybridized carbons (Fsp3) is 0.519. The van der Waals surface area contributed by atoms with Crippen molar-refractivity contribution >= 4 is 28.6 Å². The van der Waals surface area contributed by atoms with Gasteiger partial charge in [-0.3, -0.25) is 4.79 Å². The van der Waals surface area contributed by atoms with E-state index in [2.05, 4.69) is 28.9 Å². The summed E-state index contributed by atoms with van der Waals surface area (Å²) in [6.45, 7) is 11.3. The van der Waals surface area contributed by atoms with Crippen molar-refractivity contribution < 1.29 is 14.6 Å². The van der Waals surface area contributed by atoms with E-state index in [0.717, 1.165) is 41.9 Å². The minimum absolute atomic E-state index is 0.0908. The summed E-state index contributed by atoms with van der Waals surface area (Å²) in [4.78, 5) is 28.1. The maximum Gasteiger partial charge on any atom is 0.228 e. The number of methoxy groups -OCH3 is 1. The number of hydrogen-bond donors (Lipinski definition) is 1. The third kappa shape index (κ3) is 4.20. The Kier molecular flexibility index (Phi) is 6.40. The molecule has 1 aromatic carbocycles. The number of benzene rings is 1. The van der Waals surface area contributed by atoms with Crippen molar-refractivity contribution in [2.45, 2.75) is 52.6 Å². The molecular formula is C27H36N6O3. The summed E-state index contributed by atoms with van der Waals surface area (Å²) in [6, 6.07) is 6.66. The first kappa shape index (κ1) is 24.2. The van der Waals surface area contributed by atoms with Crippen molar-refractivity contribution in [1.29, 1.82) is 0 Å². The van der Waals surface area contributed by atoms with Gasteiger partial charge in [0.25, 0.3) is 0 Å². The number of hydrogen-bond acceptors (Lipinski definition) is 7. The third-order valence-electron chi connectivity index (χ3n) is 7.53. The predicted octanol–water partition coefficient (Wildman–Crippen LogP) is 4.04. The quantitative estimate of drug-likeness (QED) is 0.575. The van der Waals surface area contributed by atoms with Gasteiger partial charge in [0.15, 0.2) is 0 Å². The molecule has 0 saturated carbocycles. The summed E-state index contributed by atoms with van der Waals surface area (Å²) in [7, 11) is 1.70. The first-order valence-electron chi connectivity index (χ1n) is 12.8. The summed E-state index contributed by atoms with van der Waals surface area (Å²) in [5.41, 5.74) is 2.93. The van der Waals surface area contributed by atoms with Crippen LogP contribution in [-0.2, 0) is 4.79 Å². The lowest BCUT2D eigenvalue weighted by Crippen LogP contribution is -2.48. The van der Waals surface area contributed by atoms with E-state index < -0.39 is 0 Å². The van der Waals surface area contributed by atoms with Crippen molar-refractivity contribution in [2.75, 3.05) is 49.6 Å². The molecule has 2 saturated heterocycles. The van der Waals surface area contributed by atoms with Crippen molar-refractivity contribution in [1.82, 2.24) is 19.4 Å². The van der Waals surface area contributed by atoms with Gasteiger partial charge in [-0.1, -0.05) is 12.1 Å². The highest BCUT2D eigenvalue weighted by molar-refractivity contribution is 5.94. The smallest absolute Gasteiger partial charge is 0.228 e. The van der Waals surface area contributed by atoms with Gasteiger partial charge in [-0.15, -0.1) is 0 Å². The number of carbonyl (C=O) groups is 1. The van der Waals surface area contributed by atoms with Crippen LogP contribution in [0.3, 0.4) is 0 Å². The minimum Gasteiger partial charge on any atom is -0.496 e.